The highest BCUT2D eigenvalue weighted by atomic mass is 16.4. The summed E-state index contributed by atoms with van der Waals surface area (Å²) < 4.78 is 0. The summed E-state index contributed by atoms with van der Waals surface area (Å²) in [6.45, 7) is 0.820. The molecule has 3 aromatic carbocycles. The molecule has 0 heterocycles. The fourth-order valence-corrected chi connectivity index (χ4v) is 2.68. The Balaban J connectivity index is 1.79. The minimum absolute atomic E-state index is 0.321. The standard InChI is InChI=1S/C21H19NO2/c23-21(24)18-13-11-17(12-14-18)15-16-22(19-7-3-1-4-8-19)20-9-5-2-6-10-20/h1-14H,15-16H2,(H,23,24). The van der Waals surface area contributed by atoms with E-state index in [1.165, 1.54) is 0 Å². The van der Waals surface area contributed by atoms with Gasteiger partial charge in [0.25, 0.3) is 0 Å². The normalized spacial score (nSPS) is 10.3. The maximum Gasteiger partial charge on any atom is 0.335 e. The lowest BCUT2D eigenvalue weighted by Gasteiger charge is -2.25. The van der Waals surface area contributed by atoms with Gasteiger partial charge in [-0.05, 0) is 48.4 Å². The summed E-state index contributed by atoms with van der Waals surface area (Å²) in [7, 11) is 0. The van der Waals surface area contributed by atoms with Gasteiger partial charge in [0.15, 0.2) is 0 Å². The second-order valence-electron chi connectivity index (χ2n) is 5.57. The Morgan fingerprint density at radius 1 is 0.750 bits per heavy atom. The van der Waals surface area contributed by atoms with Gasteiger partial charge in [-0.2, -0.15) is 0 Å². The zero-order valence-electron chi connectivity index (χ0n) is 13.3. The highest BCUT2D eigenvalue weighted by Gasteiger charge is 2.09. The molecule has 3 aromatic rings. The van der Waals surface area contributed by atoms with Gasteiger partial charge in [-0.1, -0.05) is 48.5 Å². The van der Waals surface area contributed by atoms with Crippen LogP contribution >= 0.6 is 0 Å². The van der Waals surface area contributed by atoms with Crippen molar-refractivity contribution >= 4 is 17.3 Å². The molecule has 0 radical (unpaired) electrons. The topological polar surface area (TPSA) is 40.5 Å². The summed E-state index contributed by atoms with van der Waals surface area (Å²) in [5.74, 6) is -0.892. The number of para-hydroxylation sites is 2. The molecule has 3 nitrogen and oxygen atoms in total. The first-order chi connectivity index (χ1) is 11.7. The van der Waals surface area contributed by atoms with Crippen LogP contribution in [0.2, 0.25) is 0 Å². The van der Waals surface area contributed by atoms with Crippen LogP contribution in [0, 0.1) is 0 Å². The van der Waals surface area contributed by atoms with E-state index in [1.807, 2.05) is 48.5 Å². The fourth-order valence-electron chi connectivity index (χ4n) is 2.68. The molecule has 0 unspecified atom stereocenters. The average Bonchev–Trinajstić information content (AvgIpc) is 2.64. The van der Waals surface area contributed by atoms with Gasteiger partial charge in [-0.3, -0.25) is 0 Å². The van der Waals surface area contributed by atoms with Gasteiger partial charge in [-0.15, -0.1) is 0 Å². The monoisotopic (exact) mass is 317 g/mol. The Hall–Kier alpha value is -3.07. The van der Waals surface area contributed by atoms with Crippen LogP contribution in [0.25, 0.3) is 0 Å². The van der Waals surface area contributed by atoms with E-state index in [0.717, 1.165) is 29.9 Å². The fraction of sp³-hybridized carbons (Fsp3) is 0.0952. The van der Waals surface area contributed by atoms with Gasteiger partial charge < -0.3 is 10.0 Å². The summed E-state index contributed by atoms with van der Waals surface area (Å²) in [4.78, 5) is 13.2. The molecular formula is C21H19NO2. The predicted molar refractivity (Wildman–Crippen MR) is 97.0 cm³/mol. The van der Waals surface area contributed by atoms with Crippen LogP contribution in [0.3, 0.4) is 0 Å². The lowest BCUT2D eigenvalue weighted by Crippen LogP contribution is -2.20. The molecular weight excluding hydrogens is 298 g/mol. The average molecular weight is 317 g/mol. The number of carboxylic acids is 1. The first-order valence-corrected chi connectivity index (χ1v) is 7.94. The van der Waals surface area contributed by atoms with Gasteiger partial charge in [0.05, 0.1) is 5.56 Å². The Kier molecular flexibility index (Phi) is 4.92. The summed E-state index contributed by atoms with van der Waals surface area (Å²) in [5.41, 5.74) is 3.73. The molecule has 3 heteroatoms. The molecule has 120 valence electrons. The van der Waals surface area contributed by atoms with Crippen molar-refractivity contribution in [1.29, 1.82) is 0 Å². The second-order valence-corrected chi connectivity index (χ2v) is 5.57. The third-order valence-electron chi connectivity index (χ3n) is 3.96. The van der Waals surface area contributed by atoms with E-state index in [0.29, 0.717) is 5.56 Å². The Bertz CT molecular complexity index is 744. The number of carbonyl (C=O) groups is 1. The number of nitrogens with zero attached hydrogens (tertiary/aromatic N) is 1. The lowest BCUT2D eigenvalue weighted by atomic mass is 10.1. The van der Waals surface area contributed by atoms with Gasteiger partial charge in [0, 0.05) is 17.9 Å². The Labute approximate surface area is 141 Å². The van der Waals surface area contributed by atoms with Crippen LogP contribution in [0.5, 0.6) is 0 Å². The number of rotatable bonds is 6. The maximum absolute atomic E-state index is 10.9. The Morgan fingerprint density at radius 3 is 1.71 bits per heavy atom. The van der Waals surface area contributed by atoms with E-state index < -0.39 is 5.97 Å². The van der Waals surface area contributed by atoms with Crippen molar-refractivity contribution in [1.82, 2.24) is 0 Å². The van der Waals surface area contributed by atoms with Crippen LogP contribution in [-0.2, 0) is 6.42 Å². The highest BCUT2D eigenvalue weighted by Crippen LogP contribution is 2.25. The van der Waals surface area contributed by atoms with E-state index in [9.17, 15) is 4.79 Å². The lowest BCUT2D eigenvalue weighted by molar-refractivity contribution is 0.0697. The van der Waals surface area contributed by atoms with Gasteiger partial charge in [-0.25, -0.2) is 4.79 Å². The largest absolute Gasteiger partial charge is 0.478 e. The van der Waals surface area contributed by atoms with E-state index >= 15 is 0 Å². The van der Waals surface area contributed by atoms with Crippen molar-refractivity contribution in [3.8, 4) is 0 Å². The quantitative estimate of drug-likeness (QED) is 0.712. The van der Waals surface area contributed by atoms with Crippen LogP contribution in [0.1, 0.15) is 15.9 Å². The highest BCUT2D eigenvalue weighted by molar-refractivity contribution is 5.87. The summed E-state index contributed by atoms with van der Waals surface area (Å²) >= 11 is 0. The van der Waals surface area contributed by atoms with Gasteiger partial charge in [0.2, 0.25) is 0 Å². The van der Waals surface area contributed by atoms with E-state index in [1.54, 1.807) is 12.1 Å². The predicted octanol–water partition coefficient (Wildman–Crippen LogP) is 4.77. The molecule has 0 aliphatic heterocycles. The van der Waals surface area contributed by atoms with E-state index in [4.69, 9.17) is 5.11 Å². The number of benzene rings is 3. The van der Waals surface area contributed by atoms with Crippen LogP contribution < -0.4 is 4.90 Å². The number of carboxylic acid groups (broad SMARTS) is 1. The third kappa shape index (κ3) is 3.82. The molecule has 3 rings (SSSR count). The summed E-state index contributed by atoms with van der Waals surface area (Å²) in [6.07, 6.45) is 0.837. The molecule has 0 aliphatic rings. The molecule has 24 heavy (non-hydrogen) atoms. The SMILES string of the molecule is O=C(O)c1ccc(CCN(c2ccccc2)c2ccccc2)cc1. The van der Waals surface area contributed by atoms with Crippen LogP contribution in [0.15, 0.2) is 84.9 Å². The Morgan fingerprint density at radius 2 is 1.25 bits per heavy atom. The van der Waals surface area contributed by atoms with E-state index in [-0.39, 0.29) is 0 Å². The minimum atomic E-state index is -0.892. The molecule has 0 atom stereocenters. The van der Waals surface area contributed by atoms with Crippen molar-refractivity contribution in [2.75, 3.05) is 11.4 Å². The molecule has 0 aliphatic carbocycles. The number of aromatic carboxylic acids is 1. The second kappa shape index (κ2) is 7.47. The summed E-state index contributed by atoms with van der Waals surface area (Å²) in [6, 6.07) is 27.6. The maximum atomic E-state index is 10.9. The van der Waals surface area contributed by atoms with Crippen molar-refractivity contribution in [3.63, 3.8) is 0 Å². The smallest absolute Gasteiger partial charge is 0.335 e. The minimum Gasteiger partial charge on any atom is -0.478 e. The number of anilines is 2. The molecule has 0 saturated carbocycles. The third-order valence-corrected chi connectivity index (χ3v) is 3.96. The molecule has 1 N–H and O–H groups in total. The van der Waals surface area contributed by atoms with Gasteiger partial charge in [0.1, 0.15) is 0 Å². The first kappa shape index (κ1) is 15.8. The molecule has 0 spiro atoms. The number of hydrogen-bond acceptors (Lipinski definition) is 2. The molecule has 0 saturated heterocycles. The van der Waals surface area contributed by atoms with Crippen molar-refractivity contribution in [3.05, 3.63) is 96.1 Å². The molecule has 0 bridgehead atoms. The molecule has 0 amide bonds. The van der Waals surface area contributed by atoms with Crippen molar-refractivity contribution in [2.24, 2.45) is 0 Å². The zero-order valence-corrected chi connectivity index (χ0v) is 13.3. The number of hydrogen-bond donors (Lipinski definition) is 1. The summed E-state index contributed by atoms with van der Waals surface area (Å²) in [5, 5.41) is 8.98. The zero-order chi connectivity index (χ0) is 16.8. The van der Waals surface area contributed by atoms with Crippen molar-refractivity contribution in [2.45, 2.75) is 6.42 Å². The van der Waals surface area contributed by atoms with E-state index in [2.05, 4.69) is 29.2 Å². The van der Waals surface area contributed by atoms with Crippen molar-refractivity contribution < 1.29 is 9.90 Å². The van der Waals surface area contributed by atoms with Gasteiger partial charge >= 0.3 is 5.97 Å². The van der Waals surface area contributed by atoms with Crippen LogP contribution in [0.4, 0.5) is 11.4 Å². The molecule has 0 aromatic heterocycles. The molecule has 0 fully saturated rings. The first-order valence-electron chi connectivity index (χ1n) is 7.94. The van der Waals surface area contributed by atoms with Crippen LogP contribution in [-0.4, -0.2) is 17.6 Å².